The van der Waals surface area contributed by atoms with Crippen molar-refractivity contribution in [2.75, 3.05) is 6.54 Å². The number of halogens is 2. The number of amides is 1. The summed E-state index contributed by atoms with van der Waals surface area (Å²) in [5.74, 6) is -0.127. The molecule has 2 rings (SSSR count). The lowest BCUT2D eigenvalue weighted by Crippen LogP contribution is -2.53. The van der Waals surface area contributed by atoms with E-state index in [-0.39, 0.29) is 23.3 Å². The van der Waals surface area contributed by atoms with E-state index in [0.717, 1.165) is 17.3 Å². The lowest BCUT2D eigenvalue weighted by molar-refractivity contribution is -0.123. The van der Waals surface area contributed by atoms with E-state index >= 15 is 0 Å². The van der Waals surface area contributed by atoms with Gasteiger partial charge in [-0.15, -0.1) is 12.4 Å². The Kier molecular flexibility index (Phi) is 6.66. The number of carbonyl (C=O) groups excluding carboxylic acids is 1. The third kappa shape index (κ3) is 4.26. The standard InChI is InChI=1S/C15H21BrN2O3S.ClH/c1-15(2,14(19)18-13(9-17)10-3-4-10)22(20,21)12-7-5-11(16)6-8-12;/h5-8,10,13H,3-4,9,17H2,1-2H3,(H,18,19);1H. The Balaban J connectivity index is 0.00000264. The highest BCUT2D eigenvalue weighted by Crippen LogP contribution is 2.33. The maximum absolute atomic E-state index is 12.8. The molecular weight excluding hydrogens is 404 g/mol. The average molecular weight is 426 g/mol. The molecule has 1 amide bonds. The number of sulfone groups is 1. The predicted octanol–water partition coefficient (Wildman–Crippen LogP) is 2.28. The van der Waals surface area contributed by atoms with Crippen molar-refractivity contribution in [3.63, 3.8) is 0 Å². The first-order chi connectivity index (χ1) is 10.2. The Hall–Kier alpha value is -0.630. The third-order valence-corrected chi connectivity index (χ3v) is 7.05. The second-order valence-corrected chi connectivity index (χ2v) is 9.54. The molecule has 1 unspecified atom stereocenters. The van der Waals surface area contributed by atoms with Crippen molar-refractivity contribution in [2.24, 2.45) is 11.7 Å². The van der Waals surface area contributed by atoms with Gasteiger partial charge in [-0.1, -0.05) is 15.9 Å². The molecule has 1 aliphatic carbocycles. The van der Waals surface area contributed by atoms with Crippen molar-refractivity contribution in [3.8, 4) is 0 Å². The van der Waals surface area contributed by atoms with Gasteiger partial charge in [0.15, 0.2) is 9.84 Å². The summed E-state index contributed by atoms with van der Waals surface area (Å²) >= 11 is 3.27. The van der Waals surface area contributed by atoms with Gasteiger partial charge >= 0.3 is 0 Å². The lowest BCUT2D eigenvalue weighted by Gasteiger charge is -2.27. The maximum atomic E-state index is 12.8. The molecule has 0 bridgehead atoms. The van der Waals surface area contributed by atoms with Gasteiger partial charge in [0.1, 0.15) is 4.75 Å². The van der Waals surface area contributed by atoms with Crippen LogP contribution < -0.4 is 11.1 Å². The predicted molar refractivity (Wildman–Crippen MR) is 96.4 cm³/mol. The van der Waals surface area contributed by atoms with Crippen molar-refractivity contribution in [1.82, 2.24) is 5.32 Å². The van der Waals surface area contributed by atoms with Crippen molar-refractivity contribution in [2.45, 2.75) is 42.4 Å². The van der Waals surface area contributed by atoms with E-state index in [1.807, 2.05) is 0 Å². The van der Waals surface area contributed by atoms with Crippen LogP contribution >= 0.6 is 28.3 Å². The van der Waals surface area contributed by atoms with Gasteiger partial charge in [-0.05, 0) is 56.9 Å². The number of hydrogen-bond donors (Lipinski definition) is 2. The smallest absolute Gasteiger partial charge is 0.241 e. The van der Waals surface area contributed by atoms with Crippen molar-refractivity contribution in [3.05, 3.63) is 28.7 Å². The van der Waals surface area contributed by atoms with Crippen LogP contribution in [0.5, 0.6) is 0 Å². The Morgan fingerprint density at radius 1 is 1.35 bits per heavy atom. The molecule has 0 aliphatic heterocycles. The first-order valence-corrected chi connectivity index (χ1v) is 9.49. The number of benzene rings is 1. The zero-order valence-electron chi connectivity index (χ0n) is 13.1. The monoisotopic (exact) mass is 424 g/mol. The van der Waals surface area contributed by atoms with Crippen molar-refractivity contribution < 1.29 is 13.2 Å². The first-order valence-electron chi connectivity index (χ1n) is 7.21. The fraction of sp³-hybridized carbons (Fsp3) is 0.533. The fourth-order valence-corrected chi connectivity index (χ4v) is 3.89. The Morgan fingerprint density at radius 2 is 1.87 bits per heavy atom. The maximum Gasteiger partial charge on any atom is 0.241 e. The average Bonchev–Trinajstić information content (AvgIpc) is 3.29. The Labute approximate surface area is 151 Å². The minimum absolute atomic E-state index is 0. The quantitative estimate of drug-likeness (QED) is 0.731. The van der Waals surface area contributed by atoms with Crippen LogP contribution in [0.4, 0.5) is 0 Å². The second-order valence-electron chi connectivity index (χ2n) is 6.12. The zero-order valence-corrected chi connectivity index (χ0v) is 16.3. The van der Waals surface area contributed by atoms with Crippen LogP contribution in [0, 0.1) is 5.92 Å². The van der Waals surface area contributed by atoms with Crippen LogP contribution in [0.1, 0.15) is 26.7 Å². The largest absolute Gasteiger partial charge is 0.350 e. The third-order valence-electron chi connectivity index (χ3n) is 4.10. The van der Waals surface area contributed by atoms with E-state index < -0.39 is 20.5 Å². The van der Waals surface area contributed by atoms with Crippen LogP contribution in [0.3, 0.4) is 0 Å². The molecule has 1 atom stereocenters. The minimum Gasteiger partial charge on any atom is -0.350 e. The van der Waals surface area contributed by atoms with E-state index in [0.29, 0.717) is 12.5 Å². The highest BCUT2D eigenvalue weighted by Gasteiger charge is 2.44. The molecule has 130 valence electrons. The molecule has 0 heterocycles. The molecule has 3 N–H and O–H groups in total. The highest BCUT2D eigenvalue weighted by atomic mass is 79.9. The second kappa shape index (κ2) is 7.51. The van der Waals surface area contributed by atoms with Gasteiger partial charge in [0, 0.05) is 17.1 Å². The Morgan fingerprint density at radius 3 is 2.30 bits per heavy atom. The van der Waals surface area contributed by atoms with Gasteiger partial charge in [0.25, 0.3) is 0 Å². The van der Waals surface area contributed by atoms with Gasteiger partial charge in [0.05, 0.1) is 4.90 Å². The highest BCUT2D eigenvalue weighted by molar-refractivity contribution is 9.10. The molecular formula is C15H22BrClN2O3S. The molecule has 23 heavy (non-hydrogen) atoms. The topological polar surface area (TPSA) is 89.3 Å². The first kappa shape index (κ1) is 20.4. The number of carbonyl (C=O) groups is 1. The van der Waals surface area contributed by atoms with Gasteiger partial charge in [-0.2, -0.15) is 0 Å². The summed E-state index contributed by atoms with van der Waals surface area (Å²) in [4.78, 5) is 12.6. The molecule has 0 spiro atoms. The summed E-state index contributed by atoms with van der Waals surface area (Å²) in [6.45, 7) is 3.19. The molecule has 0 radical (unpaired) electrons. The number of nitrogens with one attached hydrogen (secondary N) is 1. The molecule has 8 heteroatoms. The summed E-state index contributed by atoms with van der Waals surface area (Å²) in [7, 11) is -3.79. The van der Waals surface area contributed by atoms with E-state index in [1.54, 1.807) is 12.1 Å². The molecule has 1 aromatic carbocycles. The van der Waals surface area contributed by atoms with Crippen LogP contribution in [0.25, 0.3) is 0 Å². The summed E-state index contributed by atoms with van der Waals surface area (Å²) in [6, 6.07) is 6.14. The van der Waals surface area contributed by atoms with Crippen molar-refractivity contribution in [1.29, 1.82) is 0 Å². The molecule has 1 aromatic rings. The number of hydrogen-bond acceptors (Lipinski definition) is 4. The fourth-order valence-electron chi connectivity index (χ4n) is 2.24. The molecule has 1 aliphatic rings. The zero-order chi connectivity index (χ0) is 16.5. The number of rotatable bonds is 6. The van der Waals surface area contributed by atoms with Gasteiger partial charge in [-0.3, -0.25) is 4.79 Å². The molecule has 1 fully saturated rings. The lowest BCUT2D eigenvalue weighted by atomic mass is 10.1. The van der Waals surface area contributed by atoms with Gasteiger partial charge in [-0.25, -0.2) is 8.42 Å². The summed E-state index contributed by atoms with van der Waals surface area (Å²) in [5.41, 5.74) is 5.67. The van der Waals surface area contributed by atoms with Crippen LogP contribution in [-0.2, 0) is 14.6 Å². The summed E-state index contributed by atoms with van der Waals surface area (Å²) < 4.78 is 24.7. The number of nitrogens with two attached hydrogens (primary N) is 1. The summed E-state index contributed by atoms with van der Waals surface area (Å²) in [6.07, 6.45) is 2.06. The van der Waals surface area contributed by atoms with Crippen LogP contribution in [0.2, 0.25) is 0 Å². The molecule has 0 saturated heterocycles. The van der Waals surface area contributed by atoms with E-state index in [9.17, 15) is 13.2 Å². The van der Waals surface area contributed by atoms with E-state index in [1.165, 1.54) is 26.0 Å². The molecule has 0 aromatic heterocycles. The van der Waals surface area contributed by atoms with Gasteiger partial charge in [0.2, 0.25) is 5.91 Å². The minimum atomic E-state index is -3.79. The molecule has 5 nitrogen and oxygen atoms in total. The Bertz CT molecular complexity index is 658. The van der Waals surface area contributed by atoms with E-state index in [2.05, 4.69) is 21.2 Å². The van der Waals surface area contributed by atoms with E-state index in [4.69, 9.17) is 5.73 Å². The molecule has 1 saturated carbocycles. The SMILES string of the molecule is CC(C)(C(=O)NC(CN)C1CC1)S(=O)(=O)c1ccc(Br)cc1.Cl. The summed E-state index contributed by atoms with van der Waals surface area (Å²) in [5, 5.41) is 2.80. The van der Waals surface area contributed by atoms with Crippen LogP contribution in [0.15, 0.2) is 33.6 Å². The van der Waals surface area contributed by atoms with Gasteiger partial charge < -0.3 is 11.1 Å². The normalized spacial score (nSPS) is 16.3. The van der Waals surface area contributed by atoms with Crippen LogP contribution in [-0.4, -0.2) is 31.7 Å². The van der Waals surface area contributed by atoms with Crippen molar-refractivity contribution >= 4 is 44.1 Å².